The van der Waals surface area contributed by atoms with E-state index in [-0.39, 0.29) is 23.1 Å². The number of Topliss-reactive ketones (excluding diaryl/α,β-unsaturated/α-hetero) is 1. The third kappa shape index (κ3) is 1.28. The molecule has 1 heterocycles. The van der Waals surface area contributed by atoms with Crippen molar-refractivity contribution in [2.24, 2.45) is 22.7 Å². The van der Waals surface area contributed by atoms with E-state index in [0.717, 1.165) is 25.7 Å². The highest BCUT2D eigenvalue weighted by Crippen LogP contribution is 2.61. The van der Waals surface area contributed by atoms with Gasteiger partial charge in [0, 0.05) is 6.42 Å². The predicted octanol–water partition coefficient (Wildman–Crippen LogP) is 2.33. The Morgan fingerprint density at radius 3 is 2.76 bits per heavy atom. The molecule has 3 aliphatic rings. The van der Waals surface area contributed by atoms with Crippen LogP contribution in [-0.2, 0) is 14.3 Å². The predicted molar refractivity (Wildman–Crippen MR) is 62.2 cm³/mol. The van der Waals surface area contributed by atoms with Crippen LogP contribution in [0, 0.1) is 22.7 Å². The van der Waals surface area contributed by atoms with Gasteiger partial charge in [-0.25, -0.2) is 0 Å². The summed E-state index contributed by atoms with van der Waals surface area (Å²) in [7, 11) is 0. The average Bonchev–Trinajstić information content (AvgIpc) is 2.57. The Balaban J connectivity index is 2.09. The summed E-state index contributed by atoms with van der Waals surface area (Å²) in [6, 6.07) is 0. The summed E-state index contributed by atoms with van der Waals surface area (Å²) in [5.41, 5.74) is -0.294. The van der Waals surface area contributed by atoms with Crippen molar-refractivity contribution < 1.29 is 14.3 Å². The molecule has 3 nitrogen and oxygen atoms in total. The Morgan fingerprint density at radius 2 is 2.00 bits per heavy atom. The maximum Gasteiger partial charge on any atom is 0.313 e. The topological polar surface area (TPSA) is 43.4 Å². The second-order valence-corrected chi connectivity index (χ2v) is 6.59. The van der Waals surface area contributed by atoms with Crippen molar-refractivity contribution in [3.05, 3.63) is 0 Å². The third-order valence-electron chi connectivity index (χ3n) is 5.43. The summed E-state index contributed by atoms with van der Waals surface area (Å²) in [6.45, 7) is 4.83. The molecular weight excluding hydrogens is 216 g/mol. The molecule has 0 N–H and O–H groups in total. The van der Waals surface area contributed by atoms with Crippen LogP contribution in [-0.4, -0.2) is 18.4 Å². The van der Waals surface area contributed by atoms with Gasteiger partial charge >= 0.3 is 5.97 Å². The molecule has 0 aromatic rings. The van der Waals surface area contributed by atoms with E-state index in [1.54, 1.807) is 0 Å². The molecule has 94 valence electrons. The van der Waals surface area contributed by atoms with Crippen molar-refractivity contribution in [2.45, 2.75) is 46.0 Å². The van der Waals surface area contributed by atoms with E-state index in [9.17, 15) is 9.59 Å². The summed E-state index contributed by atoms with van der Waals surface area (Å²) in [4.78, 5) is 24.3. The fraction of sp³-hybridized carbons (Fsp3) is 0.857. The molecule has 3 rings (SSSR count). The number of hydrogen-bond donors (Lipinski definition) is 0. The summed E-state index contributed by atoms with van der Waals surface area (Å²) >= 11 is 0. The van der Waals surface area contributed by atoms with E-state index in [2.05, 4.69) is 13.8 Å². The molecule has 0 bridgehead atoms. The molecule has 0 unspecified atom stereocenters. The van der Waals surface area contributed by atoms with Crippen LogP contribution in [0.4, 0.5) is 0 Å². The van der Waals surface area contributed by atoms with Crippen molar-refractivity contribution in [2.75, 3.05) is 6.61 Å². The van der Waals surface area contributed by atoms with E-state index >= 15 is 0 Å². The molecule has 0 amide bonds. The number of carbonyl (C=O) groups is 2. The molecule has 1 saturated heterocycles. The van der Waals surface area contributed by atoms with Gasteiger partial charge in [-0.3, -0.25) is 9.59 Å². The van der Waals surface area contributed by atoms with Crippen LogP contribution in [0.1, 0.15) is 46.0 Å². The van der Waals surface area contributed by atoms with E-state index in [0.29, 0.717) is 18.9 Å². The normalized spacial score (nSPS) is 43.9. The van der Waals surface area contributed by atoms with Crippen LogP contribution in [0.3, 0.4) is 0 Å². The van der Waals surface area contributed by atoms with Gasteiger partial charge in [-0.2, -0.15) is 0 Å². The van der Waals surface area contributed by atoms with Crippen LogP contribution in [0.15, 0.2) is 0 Å². The molecule has 0 aromatic heterocycles. The van der Waals surface area contributed by atoms with Crippen LogP contribution in [0.2, 0.25) is 0 Å². The smallest absolute Gasteiger partial charge is 0.313 e. The average molecular weight is 236 g/mol. The van der Waals surface area contributed by atoms with Gasteiger partial charge in [0.15, 0.2) is 0 Å². The Kier molecular flexibility index (Phi) is 2.20. The molecule has 1 aliphatic heterocycles. The van der Waals surface area contributed by atoms with Crippen molar-refractivity contribution in [1.82, 2.24) is 0 Å². The first-order chi connectivity index (χ1) is 7.98. The second kappa shape index (κ2) is 3.33. The second-order valence-electron chi connectivity index (χ2n) is 6.59. The Labute approximate surface area is 102 Å². The minimum atomic E-state index is -0.461. The number of ether oxygens (including phenoxy) is 1. The third-order valence-corrected chi connectivity index (χ3v) is 5.43. The van der Waals surface area contributed by atoms with Crippen LogP contribution < -0.4 is 0 Å². The summed E-state index contributed by atoms with van der Waals surface area (Å²) in [6.07, 6.45) is 4.57. The minimum absolute atomic E-state index is 0.0895. The fourth-order valence-electron chi connectivity index (χ4n) is 4.62. The first-order valence-corrected chi connectivity index (χ1v) is 6.68. The van der Waals surface area contributed by atoms with Crippen LogP contribution >= 0.6 is 0 Å². The lowest BCUT2D eigenvalue weighted by atomic mass is 9.48. The van der Waals surface area contributed by atoms with E-state index < -0.39 is 5.41 Å². The summed E-state index contributed by atoms with van der Waals surface area (Å²) in [5.74, 6) is 0.355. The first-order valence-electron chi connectivity index (χ1n) is 6.68. The zero-order chi connectivity index (χ0) is 12.3. The molecule has 3 atom stereocenters. The first kappa shape index (κ1) is 11.2. The standard InChI is InChI=1S/C14H20O3/c1-13(2)6-3-7-14-9(8-17-12(14)16)10(15)4-5-11(13)14/h9,11H,3-8H2,1-2H3/t9-,11+,14+/m1/s1. The van der Waals surface area contributed by atoms with Crippen LogP contribution in [0.5, 0.6) is 0 Å². The number of ketones is 1. The number of esters is 1. The SMILES string of the molecule is CC1(C)CCC[C@]23C(=O)OC[C@@H]2C(=O)CC[C@@H]13. The van der Waals surface area contributed by atoms with Crippen molar-refractivity contribution in [1.29, 1.82) is 0 Å². The van der Waals surface area contributed by atoms with E-state index in [1.807, 2.05) is 0 Å². The van der Waals surface area contributed by atoms with Gasteiger partial charge in [0.1, 0.15) is 12.4 Å². The number of rotatable bonds is 0. The molecule has 0 aromatic carbocycles. The van der Waals surface area contributed by atoms with Gasteiger partial charge in [-0.1, -0.05) is 20.3 Å². The quantitative estimate of drug-likeness (QED) is 0.606. The highest BCUT2D eigenvalue weighted by Gasteiger charge is 2.65. The molecule has 3 fully saturated rings. The van der Waals surface area contributed by atoms with Gasteiger partial charge in [-0.05, 0) is 30.6 Å². The maximum absolute atomic E-state index is 12.2. The molecule has 17 heavy (non-hydrogen) atoms. The van der Waals surface area contributed by atoms with Crippen LogP contribution in [0.25, 0.3) is 0 Å². The Hall–Kier alpha value is -0.860. The highest BCUT2D eigenvalue weighted by atomic mass is 16.5. The highest BCUT2D eigenvalue weighted by molar-refractivity contribution is 5.93. The molecule has 0 radical (unpaired) electrons. The number of hydrogen-bond acceptors (Lipinski definition) is 3. The lowest BCUT2D eigenvalue weighted by molar-refractivity contribution is -0.162. The molecule has 2 aliphatic carbocycles. The van der Waals surface area contributed by atoms with Crippen molar-refractivity contribution >= 4 is 11.8 Å². The van der Waals surface area contributed by atoms with Gasteiger partial charge in [-0.15, -0.1) is 0 Å². The zero-order valence-electron chi connectivity index (χ0n) is 10.6. The molecule has 3 heteroatoms. The molecule has 1 spiro atoms. The van der Waals surface area contributed by atoms with Crippen molar-refractivity contribution in [3.63, 3.8) is 0 Å². The zero-order valence-corrected chi connectivity index (χ0v) is 10.6. The van der Waals surface area contributed by atoms with Gasteiger partial charge in [0.2, 0.25) is 0 Å². The van der Waals surface area contributed by atoms with E-state index in [4.69, 9.17) is 4.74 Å². The Bertz CT molecular complexity index is 385. The maximum atomic E-state index is 12.2. The lowest BCUT2D eigenvalue weighted by Crippen LogP contribution is -2.54. The molecule has 2 saturated carbocycles. The Morgan fingerprint density at radius 1 is 1.24 bits per heavy atom. The van der Waals surface area contributed by atoms with Crippen molar-refractivity contribution in [3.8, 4) is 0 Å². The number of carbonyl (C=O) groups excluding carboxylic acids is 2. The largest absolute Gasteiger partial charge is 0.464 e. The summed E-state index contributed by atoms with van der Waals surface area (Å²) in [5, 5.41) is 0. The van der Waals surface area contributed by atoms with E-state index in [1.165, 1.54) is 0 Å². The fourth-order valence-corrected chi connectivity index (χ4v) is 4.62. The monoisotopic (exact) mass is 236 g/mol. The lowest BCUT2D eigenvalue weighted by Gasteiger charge is -2.52. The van der Waals surface area contributed by atoms with Gasteiger partial charge in [0.25, 0.3) is 0 Å². The van der Waals surface area contributed by atoms with Gasteiger partial charge in [0.05, 0.1) is 11.3 Å². The number of cyclic esters (lactones) is 1. The summed E-state index contributed by atoms with van der Waals surface area (Å²) < 4.78 is 5.26. The van der Waals surface area contributed by atoms with Gasteiger partial charge < -0.3 is 4.74 Å². The minimum Gasteiger partial charge on any atom is -0.464 e. The molecular formula is C14H20O3.